The fourth-order valence-corrected chi connectivity index (χ4v) is 3.19. The summed E-state index contributed by atoms with van der Waals surface area (Å²) in [6, 6.07) is 16.0. The zero-order valence-corrected chi connectivity index (χ0v) is 13.7. The number of rotatable bonds is 4. The monoisotopic (exact) mass is 278 g/mol. The lowest BCUT2D eigenvalue weighted by Crippen LogP contribution is -2.06. The second-order valence-corrected chi connectivity index (χ2v) is 7.32. The molecular formula is C21H26. The van der Waals surface area contributed by atoms with Crippen molar-refractivity contribution in [2.75, 3.05) is 0 Å². The highest BCUT2D eigenvalue weighted by molar-refractivity contribution is 5.41. The summed E-state index contributed by atoms with van der Waals surface area (Å²) in [4.78, 5) is 0. The first-order chi connectivity index (χ1) is 9.97. The van der Waals surface area contributed by atoms with Crippen molar-refractivity contribution in [3.05, 3.63) is 70.3 Å². The van der Waals surface area contributed by atoms with Gasteiger partial charge in [0.1, 0.15) is 0 Å². The summed E-state index contributed by atoms with van der Waals surface area (Å²) < 4.78 is 0. The van der Waals surface area contributed by atoms with E-state index in [9.17, 15) is 0 Å². The molecule has 0 aliphatic heterocycles. The molecule has 1 aliphatic carbocycles. The van der Waals surface area contributed by atoms with Gasteiger partial charge in [0.15, 0.2) is 0 Å². The molecule has 2 aromatic carbocycles. The van der Waals surface area contributed by atoms with Crippen molar-refractivity contribution in [2.45, 2.75) is 52.9 Å². The molecule has 1 aliphatic rings. The summed E-state index contributed by atoms with van der Waals surface area (Å²) in [6.07, 6.45) is 4.01. The van der Waals surface area contributed by atoms with Gasteiger partial charge in [0, 0.05) is 5.92 Å². The Morgan fingerprint density at radius 2 is 1.57 bits per heavy atom. The van der Waals surface area contributed by atoms with E-state index < -0.39 is 0 Å². The molecule has 0 aromatic heterocycles. The molecule has 110 valence electrons. The van der Waals surface area contributed by atoms with Crippen LogP contribution in [-0.4, -0.2) is 0 Å². The summed E-state index contributed by atoms with van der Waals surface area (Å²) in [5.41, 5.74) is 7.78. The fraction of sp³-hybridized carbons (Fsp3) is 0.429. The van der Waals surface area contributed by atoms with Crippen molar-refractivity contribution in [3.8, 4) is 0 Å². The topological polar surface area (TPSA) is 0 Å². The third-order valence-corrected chi connectivity index (χ3v) is 5.06. The van der Waals surface area contributed by atoms with E-state index in [2.05, 4.69) is 70.2 Å². The SMILES string of the molecule is Cc1ccc(C(C)c2ccc(C)cc2CC2(C)CC2)cc1. The number of hydrogen-bond acceptors (Lipinski definition) is 0. The molecule has 21 heavy (non-hydrogen) atoms. The minimum atomic E-state index is 0.476. The molecule has 1 saturated carbocycles. The molecular weight excluding hydrogens is 252 g/mol. The van der Waals surface area contributed by atoms with Crippen LogP contribution in [0.25, 0.3) is 0 Å². The average Bonchev–Trinajstić information content (AvgIpc) is 3.16. The molecule has 0 radical (unpaired) electrons. The van der Waals surface area contributed by atoms with Gasteiger partial charge in [-0.15, -0.1) is 0 Å². The van der Waals surface area contributed by atoms with E-state index >= 15 is 0 Å². The maximum atomic E-state index is 2.43. The Hall–Kier alpha value is -1.56. The Kier molecular flexibility index (Phi) is 3.65. The first kappa shape index (κ1) is 14.4. The maximum absolute atomic E-state index is 2.43. The molecule has 0 spiro atoms. The molecule has 0 heterocycles. The highest BCUT2D eigenvalue weighted by Gasteiger charge is 2.37. The van der Waals surface area contributed by atoms with Crippen molar-refractivity contribution in [1.29, 1.82) is 0 Å². The molecule has 0 nitrogen and oxygen atoms in total. The Morgan fingerprint density at radius 3 is 2.19 bits per heavy atom. The predicted molar refractivity (Wildman–Crippen MR) is 90.9 cm³/mol. The van der Waals surface area contributed by atoms with Crippen LogP contribution in [0.3, 0.4) is 0 Å². The second-order valence-electron chi connectivity index (χ2n) is 7.32. The van der Waals surface area contributed by atoms with Crippen molar-refractivity contribution in [3.63, 3.8) is 0 Å². The zero-order chi connectivity index (χ0) is 15.0. The van der Waals surface area contributed by atoms with Crippen LogP contribution in [0.1, 0.15) is 60.4 Å². The maximum Gasteiger partial charge on any atom is 0.00637 e. The van der Waals surface area contributed by atoms with Gasteiger partial charge in [0.05, 0.1) is 0 Å². The van der Waals surface area contributed by atoms with Crippen LogP contribution >= 0.6 is 0 Å². The molecule has 0 bridgehead atoms. The summed E-state index contributed by atoms with van der Waals surface area (Å²) in [7, 11) is 0. The van der Waals surface area contributed by atoms with Crippen LogP contribution in [-0.2, 0) is 6.42 Å². The Morgan fingerprint density at radius 1 is 0.952 bits per heavy atom. The van der Waals surface area contributed by atoms with Gasteiger partial charge < -0.3 is 0 Å². The summed E-state index contributed by atoms with van der Waals surface area (Å²) >= 11 is 0. The minimum Gasteiger partial charge on any atom is -0.0593 e. The Labute approximate surface area is 129 Å². The molecule has 1 atom stereocenters. The Bertz CT molecular complexity index is 630. The third-order valence-electron chi connectivity index (χ3n) is 5.06. The van der Waals surface area contributed by atoms with E-state index in [4.69, 9.17) is 0 Å². The predicted octanol–water partition coefficient (Wildman–Crippen LogP) is 5.80. The van der Waals surface area contributed by atoms with Crippen LogP contribution in [0, 0.1) is 19.3 Å². The fourth-order valence-electron chi connectivity index (χ4n) is 3.19. The molecule has 0 saturated heterocycles. The van der Waals surface area contributed by atoms with Gasteiger partial charge in [-0.1, -0.05) is 67.4 Å². The summed E-state index contributed by atoms with van der Waals surface area (Å²) in [5.74, 6) is 0.476. The second kappa shape index (κ2) is 5.33. The first-order valence-corrected chi connectivity index (χ1v) is 8.13. The van der Waals surface area contributed by atoms with Crippen molar-refractivity contribution in [2.24, 2.45) is 5.41 Å². The number of hydrogen-bond donors (Lipinski definition) is 0. The largest absolute Gasteiger partial charge is 0.0593 e. The van der Waals surface area contributed by atoms with Crippen molar-refractivity contribution in [1.82, 2.24) is 0 Å². The quantitative estimate of drug-likeness (QED) is 0.663. The van der Waals surface area contributed by atoms with E-state index in [0.29, 0.717) is 11.3 Å². The lowest BCUT2D eigenvalue weighted by atomic mass is 9.85. The van der Waals surface area contributed by atoms with Crippen molar-refractivity contribution < 1.29 is 0 Å². The third kappa shape index (κ3) is 3.20. The van der Waals surface area contributed by atoms with E-state index in [-0.39, 0.29) is 0 Å². The van der Waals surface area contributed by atoms with Gasteiger partial charge in [-0.05, 0) is 55.2 Å². The number of benzene rings is 2. The normalized spacial score (nSPS) is 17.5. The van der Waals surface area contributed by atoms with Crippen LogP contribution < -0.4 is 0 Å². The van der Waals surface area contributed by atoms with E-state index in [0.717, 1.165) is 0 Å². The molecule has 1 fully saturated rings. The summed E-state index contributed by atoms with van der Waals surface area (Å²) in [5, 5.41) is 0. The highest BCUT2D eigenvalue weighted by Crippen LogP contribution is 2.48. The smallest absolute Gasteiger partial charge is 0.00637 e. The van der Waals surface area contributed by atoms with Gasteiger partial charge in [0.2, 0.25) is 0 Å². The Balaban J connectivity index is 1.94. The molecule has 0 heteroatoms. The highest BCUT2D eigenvalue weighted by atomic mass is 14.4. The van der Waals surface area contributed by atoms with Crippen molar-refractivity contribution >= 4 is 0 Å². The average molecular weight is 278 g/mol. The van der Waals surface area contributed by atoms with Crippen LogP contribution in [0.15, 0.2) is 42.5 Å². The molecule has 1 unspecified atom stereocenters. The molecule has 3 rings (SSSR count). The zero-order valence-electron chi connectivity index (χ0n) is 13.7. The van der Waals surface area contributed by atoms with Gasteiger partial charge in [-0.25, -0.2) is 0 Å². The molecule has 0 amide bonds. The van der Waals surface area contributed by atoms with Crippen LogP contribution in [0.5, 0.6) is 0 Å². The van der Waals surface area contributed by atoms with E-state index in [1.165, 1.54) is 41.5 Å². The van der Waals surface area contributed by atoms with Gasteiger partial charge in [-0.3, -0.25) is 0 Å². The van der Waals surface area contributed by atoms with Crippen LogP contribution in [0.2, 0.25) is 0 Å². The lowest BCUT2D eigenvalue weighted by Gasteiger charge is -2.20. The molecule has 2 aromatic rings. The van der Waals surface area contributed by atoms with E-state index in [1.807, 2.05) is 0 Å². The van der Waals surface area contributed by atoms with Gasteiger partial charge in [0.25, 0.3) is 0 Å². The standard InChI is InChI=1S/C21H26/c1-15-5-8-18(9-6-15)17(3)20-10-7-16(2)13-19(20)14-21(4)11-12-21/h5-10,13,17H,11-12,14H2,1-4H3. The lowest BCUT2D eigenvalue weighted by molar-refractivity contribution is 0.565. The molecule has 0 N–H and O–H groups in total. The number of aryl methyl sites for hydroxylation is 2. The summed E-state index contributed by atoms with van der Waals surface area (Å²) in [6.45, 7) is 9.13. The first-order valence-electron chi connectivity index (χ1n) is 8.13. The van der Waals surface area contributed by atoms with E-state index in [1.54, 1.807) is 5.56 Å². The van der Waals surface area contributed by atoms with Crippen LogP contribution in [0.4, 0.5) is 0 Å². The van der Waals surface area contributed by atoms with Gasteiger partial charge in [-0.2, -0.15) is 0 Å². The van der Waals surface area contributed by atoms with Gasteiger partial charge >= 0.3 is 0 Å². The minimum absolute atomic E-state index is 0.476.